The third-order valence-corrected chi connectivity index (χ3v) is 6.74. The smallest absolute Gasteiger partial charge is 0.281 e. The zero-order valence-corrected chi connectivity index (χ0v) is 16.2. The lowest BCUT2D eigenvalue weighted by atomic mass is 9.96. The predicted molar refractivity (Wildman–Crippen MR) is 100 cm³/mol. The second-order valence-corrected chi connectivity index (χ2v) is 8.87. The molecule has 1 aliphatic heterocycles. The van der Waals surface area contributed by atoms with Crippen molar-refractivity contribution < 1.29 is 17.2 Å². The first-order valence-electron chi connectivity index (χ1n) is 8.71. The summed E-state index contributed by atoms with van der Waals surface area (Å²) < 4.78 is 54.0. The first kappa shape index (κ1) is 19.9. The van der Waals surface area contributed by atoms with Gasteiger partial charge in [0.15, 0.2) is 0 Å². The molecule has 0 saturated carbocycles. The van der Waals surface area contributed by atoms with Gasteiger partial charge in [-0.1, -0.05) is 24.3 Å². The van der Waals surface area contributed by atoms with E-state index in [0.717, 1.165) is 11.1 Å². The van der Waals surface area contributed by atoms with E-state index < -0.39 is 10.2 Å². The SMILES string of the molecule is CN(C)S(=O)(=O)N1CCN(C(c2ccc(F)cc2)c2ccc(F)cc2)CC1. The molecule has 1 fully saturated rings. The lowest BCUT2D eigenvalue weighted by Crippen LogP contribution is -2.52. The van der Waals surface area contributed by atoms with E-state index >= 15 is 0 Å². The van der Waals surface area contributed by atoms with E-state index in [2.05, 4.69) is 4.90 Å². The number of hydrogen-bond acceptors (Lipinski definition) is 3. The fraction of sp³-hybridized carbons (Fsp3) is 0.368. The summed E-state index contributed by atoms with van der Waals surface area (Å²) in [5, 5.41) is 0. The maximum absolute atomic E-state index is 13.4. The molecule has 5 nitrogen and oxygen atoms in total. The molecule has 1 aliphatic rings. The molecule has 0 radical (unpaired) electrons. The Hall–Kier alpha value is -1.87. The van der Waals surface area contributed by atoms with Crippen molar-refractivity contribution in [2.45, 2.75) is 6.04 Å². The van der Waals surface area contributed by atoms with Crippen LogP contribution < -0.4 is 0 Å². The van der Waals surface area contributed by atoms with Crippen molar-refractivity contribution in [2.75, 3.05) is 40.3 Å². The van der Waals surface area contributed by atoms with Gasteiger partial charge in [-0.3, -0.25) is 4.90 Å². The number of rotatable bonds is 5. The Balaban J connectivity index is 1.86. The van der Waals surface area contributed by atoms with Crippen molar-refractivity contribution in [3.8, 4) is 0 Å². The van der Waals surface area contributed by atoms with Gasteiger partial charge >= 0.3 is 0 Å². The van der Waals surface area contributed by atoms with Crippen LogP contribution in [0.5, 0.6) is 0 Å². The fourth-order valence-corrected chi connectivity index (χ4v) is 4.41. The molecule has 8 heteroatoms. The van der Waals surface area contributed by atoms with E-state index in [9.17, 15) is 17.2 Å². The molecule has 27 heavy (non-hydrogen) atoms. The molecule has 0 aliphatic carbocycles. The van der Waals surface area contributed by atoms with E-state index in [-0.39, 0.29) is 17.7 Å². The Morgan fingerprint density at radius 1 is 0.815 bits per heavy atom. The summed E-state index contributed by atoms with van der Waals surface area (Å²) in [5.41, 5.74) is 1.76. The Morgan fingerprint density at radius 3 is 1.59 bits per heavy atom. The van der Waals surface area contributed by atoms with Crippen LogP contribution in [0.1, 0.15) is 17.2 Å². The molecule has 1 heterocycles. The number of hydrogen-bond donors (Lipinski definition) is 0. The molecule has 146 valence electrons. The van der Waals surface area contributed by atoms with Crippen molar-refractivity contribution in [3.05, 3.63) is 71.3 Å². The van der Waals surface area contributed by atoms with Gasteiger partial charge in [-0.2, -0.15) is 17.0 Å². The Bertz CT molecular complexity index is 817. The lowest BCUT2D eigenvalue weighted by Gasteiger charge is -2.39. The first-order valence-corrected chi connectivity index (χ1v) is 10.1. The minimum Gasteiger partial charge on any atom is -0.290 e. The molecular weight excluding hydrogens is 372 g/mol. The second kappa shape index (κ2) is 8.02. The third-order valence-electron chi connectivity index (χ3n) is 4.80. The summed E-state index contributed by atoms with van der Waals surface area (Å²) in [5.74, 6) is -0.642. The summed E-state index contributed by atoms with van der Waals surface area (Å²) in [6.07, 6.45) is 0. The van der Waals surface area contributed by atoms with Crippen LogP contribution in [0.2, 0.25) is 0 Å². The van der Waals surface area contributed by atoms with Crippen molar-refractivity contribution in [1.82, 2.24) is 13.5 Å². The Labute approximate surface area is 159 Å². The largest absolute Gasteiger partial charge is 0.290 e. The summed E-state index contributed by atoms with van der Waals surface area (Å²) in [6.45, 7) is 1.76. The highest BCUT2D eigenvalue weighted by Crippen LogP contribution is 2.30. The highest BCUT2D eigenvalue weighted by Gasteiger charge is 2.32. The summed E-state index contributed by atoms with van der Waals surface area (Å²) >= 11 is 0. The average Bonchev–Trinajstić information content (AvgIpc) is 2.65. The van der Waals surface area contributed by atoms with Gasteiger partial charge in [-0.25, -0.2) is 8.78 Å². The minimum absolute atomic E-state index is 0.199. The van der Waals surface area contributed by atoms with Crippen LogP contribution in [0, 0.1) is 11.6 Å². The first-order chi connectivity index (χ1) is 12.8. The highest BCUT2D eigenvalue weighted by atomic mass is 32.2. The van der Waals surface area contributed by atoms with Crippen LogP contribution in [0.4, 0.5) is 8.78 Å². The van der Waals surface area contributed by atoms with Gasteiger partial charge in [0.1, 0.15) is 11.6 Å². The summed E-state index contributed by atoms with van der Waals surface area (Å²) in [7, 11) is -0.418. The maximum atomic E-state index is 13.4. The van der Waals surface area contributed by atoms with Crippen LogP contribution in [0.3, 0.4) is 0 Å². The van der Waals surface area contributed by atoms with Gasteiger partial charge in [-0.05, 0) is 35.4 Å². The predicted octanol–water partition coefficient (Wildman–Crippen LogP) is 2.48. The van der Waals surface area contributed by atoms with E-state index in [1.165, 1.54) is 47.0 Å². The van der Waals surface area contributed by atoms with Crippen LogP contribution in [0.15, 0.2) is 48.5 Å². The molecule has 1 saturated heterocycles. The van der Waals surface area contributed by atoms with Crippen LogP contribution in [-0.2, 0) is 10.2 Å². The quantitative estimate of drug-likeness (QED) is 0.781. The third kappa shape index (κ3) is 4.35. The van der Waals surface area contributed by atoms with Gasteiger partial charge < -0.3 is 0 Å². The van der Waals surface area contributed by atoms with Gasteiger partial charge in [-0.15, -0.1) is 0 Å². The topological polar surface area (TPSA) is 43.9 Å². The zero-order chi connectivity index (χ0) is 19.6. The number of nitrogens with zero attached hydrogens (tertiary/aromatic N) is 3. The number of piperazine rings is 1. The van der Waals surface area contributed by atoms with Crippen molar-refractivity contribution in [2.24, 2.45) is 0 Å². The van der Waals surface area contributed by atoms with Gasteiger partial charge in [0.2, 0.25) is 0 Å². The van der Waals surface area contributed by atoms with Crippen LogP contribution >= 0.6 is 0 Å². The molecule has 3 rings (SSSR count). The molecule has 0 aromatic heterocycles. The Kier molecular flexibility index (Phi) is 5.90. The van der Waals surface area contributed by atoms with Crippen molar-refractivity contribution in [3.63, 3.8) is 0 Å². The molecule has 0 N–H and O–H groups in total. The second-order valence-electron chi connectivity index (χ2n) is 6.73. The molecule has 0 bridgehead atoms. The van der Waals surface area contributed by atoms with Crippen molar-refractivity contribution >= 4 is 10.2 Å². The molecule has 2 aromatic carbocycles. The van der Waals surface area contributed by atoms with Gasteiger partial charge in [0.25, 0.3) is 10.2 Å². The Morgan fingerprint density at radius 2 is 1.22 bits per heavy atom. The molecule has 2 aromatic rings. The molecule has 0 atom stereocenters. The molecular formula is C19H23F2N3O2S. The van der Waals surface area contributed by atoms with Crippen LogP contribution in [-0.4, -0.2) is 62.2 Å². The molecule has 0 unspecified atom stereocenters. The van der Waals surface area contributed by atoms with E-state index in [4.69, 9.17) is 0 Å². The summed E-state index contributed by atoms with van der Waals surface area (Å²) in [6, 6.07) is 12.3. The van der Waals surface area contributed by atoms with Gasteiger partial charge in [0, 0.05) is 40.3 Å². The monoisotopic (exact) mass is 395 g/mol. The highest BCUT2D eigenvalue weighted by molar-refractivity contribution is 7.86. The van der Waals surface area contributed by atoms with Crippen LogP contribution in [0.25, 0.3) is 0 Å². The van der Waals surface area contributed by atoms with E-state index in [0.29, 0.717) is 26.2 Å². The number of benzene rings is 2. The fourth-order valence-electron chi connectivity index (χ4n) is 3.33. The lowest BCUT2D eigenvalue weighted by molar-refractivity contribution is 0.152. The zero-order valence-electron chi connectivity index (χ0n) is 15.3. The standard InChI is InChI=1S/C19H23F2N3O2S/c1-22(2)27(25,26)24-13-11-23(12-14-24)19(15-3-7-17(20)8-4-15)16-5-9-18(21)10-6-16/h3-10,19H,11-14H2,1-2H3. The maximum Gasteiger partial charge on any atom is 0.281 e. The minimum atomic E-state index is -3.45. The molecule has 0 amide bonds. The normalized spacial score (nSPS) is 17.0. The van der Waals surface area contributed by atoms with E-state index in [1.807, 2.05) is 0 Å². The number of halogens is 2. The van der Waals surface area contributed by atoms with E-state index in [1.54, 1.807) is 24.3 Å². The van der Waals surface area contributed by atoms with Gasteiger partial charge in [0.05, 0.1) is 6.04 Å². The summed E-state index contributed by atoms with van der Waals surface area (Å²) in [4.78, 5) is 2.14. The average molecular weight is 395 g/mol. The molecule has 0 spiro atoms. The van der Waals surface area contributed by atoms with Crippen molar-refractivity contribution in [1.29, 1.82) is 0 Å².